The topological polar surface area (TPSA) is 92.3 Å². The van der Waals surface area contributed by atoms with Gasteiger partial charge in [0.15, 0.2) is 6.10 Å². The Hall–Kier alpha value is -3.07. The number of nitriles is 1. The molecule has 1 atom stereocenters. The van der Waals surface area contributed by atoms with Crippen molar-refractivity contribution < 1.29 is 14.6 Å². The van der Waals surface area contributed by atoms with Crippen LogP contribution in [0.5, 0.6) is 11.6 Å². The number of hydrogen-bond donors (Lipinski definition) is 1. The first-order valence-corrected chi connectivity index (χ1v) is 9.31. The Balaban J connectivity index is 2.52. The molecule has 6 heteroatoms. The van der Waals surface area contributed by atoms with E-state index in [2.05, 4.69) is 0 Å². The van der Waals surface area contributed by atoms with Crippen LogP contribution in [0.4, 0.5) is 0 Å². The lowest BCUT2D eigenvalue weighted by molar-refractivity contribution is 0.0810. The van der Waals surface area contributed by atoms with E-state index in [4.69, 9.17) is 4.74 Å². The van der Waals surface area contributed by atoms with E-state index in [1.165, 1.54) is 6.92 Å². The van der Waals surface area contributed by atoms with Gasteiger partial charge in [0.2, 0.25) is 11.7 Å². The predicted molar refractivity (Wildman–Crippen MR) is 107 cm³/mol. The largest absolute Gasteiger partial charge is 0.494 e. The smallest absolute Gasteiger partial charge is 0.271 e. The third kappa shape index (κ3) is 3.79. The van der Waals surface area contributed by atoms with Gasteiger partial charge in [-0.05, 0) is 56.4 Å². The Morgan fingerprint density at radius 2 is 1.93 bits per heavy atom. The standard InChI is InChI=1S/C22H26N2O4/c1-7-24-21(26)17(11-23)14(5)19(22(24)27)20(25)15(6)28-18-10-13(4)8-9-16(18)12(2)3/h8-10,12,15,27H,7H2,1-6H3. The molecule has 1 aromatic carbocycles. The second kappa shape index (κ2) is 8.30. The average Bonchev–Trinajstić information content (AvgIpc) is 2.62. The summed E-state index contributed by atoms with van der Waals surface area (Å²) < 4.78 is 6.99. The first-order chi connectivity index (χ1) is 13.1. The molecule has 1 N–H and O–H groups in total. The number of benzene rings is 1. The maximum Gasteiger partial charge on any atom is 0.271 e. The zero-order valence-electron chi connectivity index (χ0n) is 17.2. The van der Waals surface area contributed by atoms with E-state index in [0.29, 0.717) is 5.75 Å². The molecule has 0 bridgehead atoms. The molecule has 28 heavy (non-hydrogen) atoms. The molecule has 1 heterocycles. The van der Waals surface area contributed by atoms with Gasteiger partial charge in [-0.15, -0.1) is 0 Å². The molecule has 0 aliphatic heterocycles. The van der Waals surface area contributed by atoms with E-state index < -0.39 is 23.3 Å². The lowest BCUT2D eigenvalue weighted by Crippen LogP contribution is -2.30. The van der Waals surface area contributed by atoms with Gasteiger partial charge in [0.25, 0.3) is 5.56 Å². The fourth-order valence-electron chi connectivity index (χ4n) is 3.21. The van der Waals surface area contributed by atoms with Crippen LogP contribution in [0.25, 0.3) is 0 Å². The van der Waals surface area contributed by atoms with Crippen molar-refractivity contribution in [3.8, 4) is 17.7 Å². The third-order valence-corrected chi connectivity index (χ3v) is 4.83. The molecule has 0 amide bonds. The van der Waals surface area contributed by atoms with Crippen LogP contribution in [-0.4, -0.2) is 21.6 Å². The highest BCUT2D eigenvalue weighted by molar-refractivity contribution is 6.03. The monoisotopic (exact) mass is 382 g/mol. The quantitative estimate of drug-likeness (QED) is 0.767. The molecule has 0 aliphatic carbocycles. The Bertz CT molecular complexity index is 1010. The lowest BCUT2D eigenvalue weighted by atomic mass is 9.98. The summed E-state index contributed by atoms with van der Waals surface area (Å²) in [6.45, 7) is 10.9. The summed E-state index contributed by atoms with van der Waals surface area (Å²) in [6, 6.07) is 7.68. The Morgan fingerprint density at radius 3 is 2.46 bits per heavy atom. The Morgan fingerprint density at radius 1 is 1.29 bits per heavy atom. The van der Waals surface area contributed by atoms with E-state index in [-0.39, 0.29) is 29.2 Å². The number of hydrogen-bond acceptors (Lipinski definition) is 5. The number of ether oxygens (including phenoxy) is 1. The molecular weight excluding hydrogens is 356 g/mol. The van der Waals surface area contributed by atoms with Gasteiger partial charge in [-0.2, -0.15) is 5.26 Å². The predicted octanol–water partition coefficient (Wildman–Crippen LogP) is 3.84. The molecular formula is C22H26N2O4. The van der Waals surface area contributed by atoms with Crippen LogP contribution in [0.3, 0.4) is 0 Å². The van der Waals surface area contributed by atoms with Crippen molar-refractivity contribution in [3.63, 3.8) is 0 Å². The Kier molecular flexibility index (Phi) is 6.30. The molecule has 0 saturated carbocycles. The fraction of sp³-hybridized carbons (Fsp3) is 0.409. The minimum Gasteiger partial charge on any atom is -0.494 e. The molecule has 0 aliphatic rings. The molecule has 0 saturated heterocycles. The zero-order valence-corrected chi connectivity index (χ0v) is 17.2. The molecule has 0 radical (unpaired) electrons. The van der Waals surface area contributed by atoms with Crippen molar-refractivity contribution in [1.82, 2.24) is 4.57 Å². The molecule has 148 valence electrons. The van der Waals surface area contributed by atoms with Gasteiger partial charge in [0.05, 0.1) is 5.56 Å². The number of carbonyl (C=O) groups is 1. The van der Waals surface area contributed by atoms with Gasteiger partial charge in [0, 0.05) is 6.54 Å². The summed E-state index contributed by atoms with van der Waals surface area (Å²) in [5.74, 6) is -0.0970. The second-order valence-corrected chi connectivity index (χ2v) is 7.18. The van der Waals surface area contributed by atoms with Crippen molar-refractivity contribution in [1.29, 1.82) is 5.26 Å². The van der Waals surface area contributed by atoms with Gasteiger partial charge >= 0.3 is 0 Å². The highest BCUT2D eigenvalue weighted by atomic mass is 16.5. The molecule has 0 spiro atoms. The number of rotatable bonds is 6. The number of aromatic hydroxyl groups is 1. The van der Waals surface area contributed by atoms with Crippen LogP contribution in [-0.2, 0) is 6.54 Å². The maximum atomic E-state index is 13.1. The van der Waals surface area contributed by atoms with E-state index >= 15 is 0 Å². The summed E-state index contributed by atoms with van der Waals surface area (Å²) >= 11 is 0. The van der Waals surface area contributed by atoms with Crippen LogP contribution >= 0.6 is 0 Å². The number of ketones is 1. The molecule has 2 rings (SSSR count). The van der Waals surface area contributed by atoms with Gasteiger partial charge in [-0.25, -0.2) is 0 Å². The van der Waals surface area contributed by atoms with Crippen molar-refractivity contribution in [2.75, 3.05) is 0 Å². The number of carbonyl (C=O) groups excluding carboxylic acids is 1. The minimum atomic E-state index is -0.904. The summed E-state index contributed by atoms with van der Waals surface area (Å²) in [5.41, 5.74) is 1.35. The first kappa shape index (κ1) is 21.2. The SMILES string of the molecule is CCn1c(O)c(C(=O)C(C)Oc2cc(C)ccc2C(C)C)c(C)c(C#N)c1=O. The number of pyridine rings is 1. The first-order valence-electron chi connectivity index (χ1n) is 9.31. The van der Waals surface area contributed by atoms with Crippen LogP contribution in [0.15, 0.2) is 23.0 Å². The van der Waals surface area contributed by atoms with Gasteiger partial charge in [-0.1, -0.05) is 26.0 Å². The second-order valence-electron chi connectivity index (χ2n) is 7.18. The summed E-state index contributed by atoms with van der Waals surface area (Å²) in [6.07, 6.45) is -0.904. The molecule has 1 aromatic heterocycles. The fourth-order valence-corrected chi connectivity index (χ4v) is 3.21. The summed E-state index contributed by atoms with van der Waals surface area (Å²) in [7, 11) is 0. The van der Waals surface area contributed by atoms with Gasteiger partial charge in [0.1, 0.15) is 17.4 Å². The molecule has 6 nitrogen and oxygen atoms in total. The van der Waals surface area contributed by atoms with Crippen molar-refractivity contribution in [2.24, 2.45) is 0 Å². The van der Waals surface area contributed by atoms with E-state index in [0.717, 1.165) is 15.7 Å². The van der Waals surface area contributed by atoms with E-state index in [9.17, 15) is 20.0 Å². The third-order valence-electron chi connectivity index (χ3n) is 4.83. The van der Waals surface area contributed by atoms with Crippen molar-refractivity contribution >= 4 is 5.78 Å². The number of aryl methyl sites for hydroxylation is 1. The highest BCUT2D eigenvalue weighted by Gasteiger charge is 2.28. The van der Waals surface area contributed by atoms with Crippen LogP contribution in [0.1, 0.15) is 66.2 Å². The van der Waals surface area contributed by atoms with Crippen molar-refractivity contribution in [3.05, 3.63) is 56.4 Å². The average molecular weight is 382 g/mol. The normalized spacial score (nSPS) is 11.9. The minimum absolute atomic E-state index is 0.0516. The summed E-state index contributed by atoms with van der Waals surface area (Å²) in [4.78, 5) is 25.4. The van der Waals surface area contributed by atoms with Crippen molar-refractivity contribution in [2.45, 2.75) is 60.1 Å². The van der Waals surface area contributed by atoms with Crippen LogP contribution < -0.4 is 10.3 Å². The lowest BCUT2D eigenvalue weighted by Gasteiger charge is -2.21. The van der Waals surface area contributed by atoms with E-state index in [1.807, 2.05) is 45.0 Å². The molecule has 1 unspecified atom stereocenters. The van der Waals surface area contributed by atoms with Crippen LogP contribution in [0.2, 0.25) is 0 Å². The maximum absolute atomic E-state index is 13.1. The van der Waals surface area contributed by atoms with Gasteiger partial charge in [-0.3, -0.25) is 14.2 Å². The Labute approximate surface area is 165 Å². The highest BCUT2D eigenvalue weighted by Crippen LogP contribution is 2.30. The number of aromatic nitrogens is 1. The van der Waals surface area contributed by atoms with E-state index in [1.54, 1.807) is 13.8 Å². The number of Topliss-reactive ketones (excluding diaryl/α,β-unsaturated/α-hetero) is 1. The van der Waals surface area contributed by atoms with Crippen LogP contribution in [0, 0.1) is 25.2 Å². The van der Waals surface area contributed by atoms with Gasteiger partial charge < -0.3 is 9.84 Å². The zero-order chi connectivity index (χ0) is 21.2. The summed E-state index contributed by atoms with van der Waals surface area (Å²) in [5, 5.41) is 19.9. The molecule has 2 aromatic rings. The number of nitrogens with zero attached hydrogens (tertiary/aromatic N) is 2. The molecule has 0 fully saturated rings.